The van der Waals surface area contributed by atoms with Crippen LogP contribution >= 0.6 is 34.4 Å². The van der Waals surface area contributed by atoms with E-state index in [0.717, 1.165) is 26.1 Å². The summed E-state index contributed by atoms with van der Waals surface area (Å²) in [5.41, 5.74) is 1.09. The van der Waals surface area contributed by atoms with Crippen molar-refractivity contribution in [2.75, 3.05) is 0 Å². The van der Waals surface area contributed by atoms with Crippen molar-refractivity contribution in [2.24, 2.45) is 0 Å². The van der Waals surface area contributed by atoms with Crippen molar-refractivity contribution < 1.29 is 0 Å². The van der Waals surface area contributed by atoms with E-state index in [9.17, 15) is 4.79 Å². The van der Waals surface area contributed by atoms with Crippen LogP contribution in [0.15, 0.2) is 4.79 Å². The fraction of sp³-hybridized carbons (Fsp3) is 0.692. The van der Waals surface area contributed by atoms with Gasteiger partial charge in [-0.2, -0.15) is 11.8 Å². The molecule has 5 heteroatoms. The first-order valence-corrected chi connectivity index (χ1v) is 8.77. The zero-order valence-electron chi connectivity index (χ0n) is 10.2. The summed E-state index contributed by atoms with van der Waals surface area (Å²) in [6, 6.07) is 0. The topological polar surface area (TPSA) is 45.8 Å². The average Bonchev–Trinajstić information content (AvgIpc) is 3.07. The highest BCUT2D eigenvalue weighted by Crippen LogP contribution is 2.40. The molecule has 1 aromatic heterocycles. The Morgan fingerprint density at radius 2 is 2.00 bits per heavy atom. The predicted octanol–water partition coefficient (Wildman–Crippen LogP) is 3.43. The average molecular weight is 376 g/mol. The largest absolute Gasteiger partial charge is 0.309 e. The molecule has 0 aliphatic heterocycles. The van der Waals surface area contributed by atoms with Crippen LogP contribution in [0.3, 0.4) is 0 Å². The Balaban J connectivity index is 1.73. The third-order valence-corrected chi connectivity index (χ3v) is 6.08. The molecule has 1 N–H and O–H groups in total. The Morgan fingerprint density at radius 3 is 2.67 bits per heavy atom. The quantitative estimate of drug-likeness (QED) is 0.820. The molecule has 2 aliphatic rings. The molecule has 3 nitrogen and oxygen atoms in total. The number of thioether (sulfide) groups is 1. The first-order valence-electron chi connectivity index (χ1n) is 6.64. The van der Waals surface area contributed by atoms with Gasteiger partial charge in [0.05, 0.1) is 15.0 Å². The number of nitrogens with one attached hydrogen (secondary N) is 1. The molecule has 0 bridgehead atoms. The highest BCUT2D eigenvalue weighted by atomic mass is 127. The van der Waals surface area contributed by atoms with Crippen LogP contribution in [-0.4, -0.2) is 15.2 Å². The lowest BCUT2D eigenvalue weighted by atomic mass is 10.3. The molecule has 0 aromatic carbocycles. The molecule has 3 rings (SSSR count). The minimum atomic E-state index is 0.0505. The second-order valence-corrected chi connectivity index (χ2v) is 7.57. The number of aromatic nitrogens is 2. The van der Waals surface area contributed by atoms with E-state index in [0.29, 0.717) is 5.92 Å². The van der Waals surface area contributed by atoms with Crippen LogP contribution in [0, 0.1) is 3.57 Å². The van der Waals surface area contributed by atoms with Crippen molar-refractivity contribution in [1.82, 2.24) is 9.97 Å². The first-order chi connectivity index (χ1) is 8.74. The van der Waals surface area contributed by atoms with Crippen LogP contribution in [-0.2, 0) is 5.75 Å². The number of hydrogen-bond donors (Lipinski definition) is 1. The van der Waals surface area contributed by atoms with E-state index >= 15 is 0 Å². The molecular formula is C13H17IN2OS. The van der Waals surface area contributed by atoms with Crippen molar-refractivity contribution >= 4 is 34.4 Å². The zero-order chi connectivity index (χ0) is 12.5. The molecular weight excluding hydrogens is 359 g/mol. The van der Waals surface area contributed by atoms with Gasteiger partial charge in [-0.25, -0.2) is 4.98 Å². The van der Waals surface area contributed by atoms with Gasteiger partial charge in [0.25, 0.3) is 5.56 Å². The van der Waals surface area contributed by atoms with Crippen molar-refractivity contribution in [1.29, 1.82) is 0 Å². The predicted molar refractivity (Wildman–Crippen MR) is 83.1 cm³/mol. The van der Waals surface area contributed by atoms with E-state index in [1.807, 2.05) is 11.8 Å². The number of rotatable bonds is 4. The number of H-pyrrole nitrogens is 1. The van der Waals surface area contributed by atoms with Gasteiger partial charge in [-0.15, -0.1) is 0 Å². The van der Waals surface area contributed by atoms with Crippen LogP contribution < -0.4 is 5.56 Å². The van der Waals surface area contributed by atoms with E-state index in [4.69, 9.17) is 0 Å². The lowest BCUT2D eigenvalue weighted by Gasteiger charge is -2.09. The summed E-state index contributed by atoms with van der Waals surface area (Å²) >= 11 is 4.09. The van der Waals surface area contributed by atoms with Gasteiger partial charge < -0.3 is 4.98 Å². The molecule has 2 saturated carbocycles. The van der Waals surface area contributed by atoms with Crippen LogP contribution in [0.2, 0.25) is 0 Å². The van der Waals surface area contributed by atoms with Gasteiger partial charge in [0.15, 0.2) is 0 Å². The van der Waals surface area contributed by atoms with E-state index in [1.54, 1.807) is 0 Å². The Bertz CT molecular complexity index is 492. The van der Waals surface area contributed by atoms with E-state index in [-0.39, 0.29) is 5.56 Å². The summed E-state index contributed by atoms with van der Waals surface area (Å²) in [7, 11) is 0. The number of nitrogens with zero attached hydrogens (tertiary/aromatic N) is 1. The smallest absolute Gasteiger partial charge is 0.264 e. The molecule has 1 aromatic rings. The second kappa shape index (κ2) is 5.53. The molecule has 98 valence electrons. The number of halogens is 1. The maximum atomic E-state index is 11.9. The molecule has 18 heavy (non-hydrogen) atoms. The summed E-state index contributed by atoms with van der Waals surface area (Å²) in [5, 5.41) is 0.777. The van der Waals surface area contributed by atoms with Crippen molar-refractivity contribution in [3.05, 3.63) is 25.4 Å². The molecule has 2 aliphatic carbocycles. The van der Waals surface area contributed by atoms with E-state index in [2.05, 4.69) is 32.6 Å². The highest BCUT2D eigenvalue weighted by molar-refractivity contribution is 14.1. The third kappa shape index (κ3) is 2.92. The van der Waals surface area contributed by atoms with Crippen LogP contribution in [0.25, 0.3) is 0 Å². The van der Waals surface area contributed by atoms with Gasteiger partial charge in [0.2, 0.25) is 0 Å². The van der Waals surface area contributed by atoms with Gasteiger partial charge in [-0.1, -0.05) is 12.8 Å². The first kappa shape index (κ1) is 13.0. The Hall–Kier alpha value is -0.0400. The maximum absolute atomic E-state index is 11.9. The van der Waals surface area contributed by atoms with Gasteiger partial charge >= 0.3 is 0 Å². The lowest BCUT2D eigenvalue weighted by molar-refractivity contribution is 0.880. The molecule has 0 amide bonds. The third-order valence-electron chi connectivity index (χ3n) is 3.66. The fourth-order valence-corrected chi connectivity index (χ4v) is 4.36. The zero-order valence-corrected chi connectivity index (χ0v) is 13.2. The van der Waals surface area contributed by atoms with Gasteiger partial charge in [0, 0.05) is 11.2 Å². The SMILES string of the molecule is O=c1[nH]c(CSC2CCCC2)nc(C2CC2)c1I. The number of hydrogen-bond acceptors (Lipinski definition) is 3. The van der Waals surface area contributed by atoms with Crippen molar-refractivity contribution in [3.63, 3.8) is 0 Å². The Kier molecular flexibility index (Phi) is 3.98. The fourth-order valence-electron chi connectivity index (χ4n) is 2.47. The summed E-state index contributed by atoms with van der Waals surface area (Å²) in [6.07, 6.45) is 7.77. The Labute approximate surface area is 125 Å². The molecule has 0 atom stereocenters. The van der Waals surface area contributed by atoms with Gasteiger partial charge in [-0.3, -0.25) is 4.79 Å². The highest BCUT2D eigenvalue weighted by Gasteiger charge is 2.29. The molecule has 0 saturated heterocycles. The molecule has 0 unspecified atom stereocenters. The number of aromatic amines is 1. The van der Waals surface area contributed by atoms with E-state index < -0.39 is 0 Å². The maximum Gasteiger partial charge on any atom is 0.264 e. The van der Waals surface area contributed by atoms with Crippen LogP contribution in [0.5, 0.6) is 0 Å². The van der Waals surface area contributed by atoms with Gasteiger partial charge in [-0.05, 0) is 48.3 Å². The van der Waals surface area contributed by atoms with E-state index in [1.165, 1.54) is 38.5 Å². The van der Waals surface area contributed by atoms with Crippen LogP contribution in [0.4, 0.5) is 0 Å². The summed E-state index contributed by atoms with van der Waals surface area (Å²) in [4.78, 5) is 19.5. The summed E-state index contributed by atoms with van der Waals surface area (Å²) < 4.78 is 0.796. The van der Waals surface area contributed by atoms with Gasteiger partial charge in [0.1, 0.15) is 5.82 Å². The Morgan fingerprint density at radius 1 is 1.28 bits per heavy atom. The van der Waals surface area contributed by atoms with Crippen LogP contribution in [0.1, 0.15) is 56.0 Å². The normalized spacial score (nSPS) is 20.5. The second-order valence-electron chi connectivity index (χ2n) is 5.20. The van der Waals surface area contributed by atoms with Crippen molar-refractivity contribution in [3.8, 4) is 0 Å². The lowest BCUT2D eigenvalue weighted by Crippen LogP contribution is -2.17. The summed E-state index contributed by atoms with van der Waals surface area (Å²) in [5.74, 6) is 2.28. The molecule has 0 radical (unpaired) electrons. The standard InChI is InChI=1S/C13H17IN2OS/c14-11-12(8-5-6-8)15-10(16-13(11)17)7-18-9-3-1-2-4-9/h8-9H,1-7H2,(H,15,16,17). The summed E-state index contributed by atoms with van der Waals surface area (Å²) in [6.45, 7) is 0. The molecule has 1 heterocycles. The van der Waals surface area contributed by atoms with Crippen molar-refractivity contribution in [2.45, 2.75) is 55.4 Å². The monoisotopic (exact) mass is 376 g/mol. The minimum Gasteiger partial charge on any atom is -0.309 e. The molecule has 2 fully saturated rings. The molecule has 0 spiro atoms. The minimum absolute atomic E-state index is 0.0505.